The van der Waals surface area contributed by atoms with Crippen LogP contribution in [0.1, 0.15) is 284 Å². The van der Waals surface area contributed by atoms with Gasteiger partial charge in [0.05, 0.1) is 0 Å². The number of carbonyl (C=O) groups excluding carboxylic acids is 3. The highest BCUT2D eigenvalue weighted by Gasteiger charge is 2.19. The van der Waals surface area contributed by atoms with E-state index in [0.717, 1.165) is 122 Å². The fourth-order valence-corrected chi connectivity index (χ4v) is 8.37. The fourth-order valence-electron chi connectivity index (χ4n) is 8.37. The lowest BCUT2D eigenvalue weighted by atomic mass is 10.0. The lowest BCUT2D eigenvalue weighted by Crippen LogP contribution is -2.30. The van der Waals surface area contributed by atoms with Crippen molar-refractivity contribution < 1.29 is 28.6 Å². The Balaban J connectivity index is 4.36. The van der Waals surface area contributed by atoms with E-state index in [-0.39, 0.29) is 31.1 Å². The Morgan fingerprint density at radius 3 is 0.847 bits per heavy atom. The standard InChI is InChI=1S/C66H112O6/c1-4-7-10-13-16-19-22-25-27-29-31-33-35-37-39-41-44-47-50-53-56-59-65(68)71-62-63(61-70-64(67)58-55-52-49-46-43-24-21-18-15-12-9-6-3)72-66(69)60-57-54-51-48-45-42-40-38-36-34-32-30-28-26-23-20-17-14-11-8-5-2/h7-8,10-11,16-17,19-20,25-28,31-34,63H,4-6,9,12-15,18,21-24,29-30,35-62H2,1-3H3/b10-7-,11-8-,19-16-,20-17-,27-25-,28-26-,33-31-,34-32-. The van der Waals surface area contributed by atoms with Crippen molar-refractivity contribution >= 4 is 17.9 Å². The third kappa shape index (κ3) is 57.2. The second-order valence-corrected chi connectivity index (χ2v) is 19.9. The molecule has 0 aliphatic rings. The smallest absolute Gasteiger partial charge is 0.306 e. The first-order valence-corrected chi connectivity index (χ1v) is 30.2. The normalized spacial score (nSPS) is 12.8. The zero-order chi connectivity index (χ0) is 52.2. The van der Waals surface area contributed by atoms with Crippen LogP contribution in [0.3, 0.4) is 0 Å². The Morgan fingerprint density at radius 2 is 0.542 bits per heavy atom. The van der Waals surface area contributed by atoms with Crippen molar-refractivity contribution in [2.45, 2.75) is 290 Å². The molecule has 0 N–H and O–H groups in total. The molecule has 0 radical (unpaired) electrons. The van der Waals surface area contributed by atoms with E-state index in [0.29, 0.717) is 19.3 Å². The maximum atomic E-state index is 12.9. The predicted molar refractivity (Wildman–Crippen MR) is 311 cm³/mol. The summed E-state index contributed by atoms with van der Waals surface area (Å²) in [6, 6.07) is 0. The molecule has 0 aliphatic heterocycles. The monoisotopic (exact) mass is 1000 g/mol. The van der Waals surface area contributed by atoms with Crippen LogP contribution in [0, 0.1) is 0 Å². The van der Waals surface area contributed by atoms with Gasteiger partial charge in [-0.15, -0.1) is 0 Å². The van der Waals surface area contributed by atoms with Crippen molar-refractivity contribution in [1.82, 2.24) is 0 Å². The van der Waals surface area contributed by atoms with Gasteiger partial charge in [-0.3, -0.25) is 14.4 Å². The van der Waals surface area contributed by atoms with E-state index in [2.05, 4.69) is 118 Å². The number of unbranched alkanes of at least 4 members (excludes halogenated alkanes) is 27. The Labute approximate surface area is 445 Å². The van der Waals surface area contributed by atoms with Crippen LogP contribution in [-0.4, -0.2) is 37.2 Å². The van der Waals surface area contributed by atoms with Crippen LogP contribution in [-0.2, 0) is 28.6 Å². The average molecular weight is 1000 g/mol. The highest BCUT2D eigenvalue weighted by molar-refractivity contribution is 5.71. The molecule has 0 saturated carbocycles. The van der Waals surface area contributed by atoms with E-state index < -0.39 is 6.10 Å². The van der Waals surface area contributed by atoms with Gasteiger partial charge in [-0.05, 0) is 96.3 Å². The largest absolute Gasteiger partial charge is 0.462 e. The van der Waals surface area contributed by atoms with Crippen molar-refractivity contribution in [2.75, 3.05) is 13.2 Å². The molecule has 1 atom stereocenters. The summed E-state index contributed by atoms with van der Waals surface area (Å²) in [5.41, 5.74) is 0. The topological polar surface area (TPSA) is 78.9 Å². The molecule has 6 heteroatoms. The van der Waals surface area contributed by atoms with Crippen molar-refractivity contribution in [3.63, 3.8) is 0 Å². The highest BCUT2D eigenvalue weighted by Crippen LogP contribution is 2.16. The van der Waals surface area contributed by atoms with Crippen LogP contribution >= 0.6 is 0 Å². The van der Waals surface area contributed by atoms with Crippen LogP contribution in [0.5, 0.6) is 0 Å². The van der Waals surface area contributed by atoms with Gasteiger partial charge in [0.15, 0.2) is 6.10 Å². The summed E-state index contributed by atoms with van der Waals surface area (Å²) in [6.07, 6.45) is 79.7. The molecule has 72 heavy (non-hydrogen) atoms. The van der Waals surface area contributed by atoms with Gasteiger partial charge in [0.2, 0.25) is 0 Å². The molecule has 0 bridgehead atoms. The molecule has 0 rings (SSSR count). The van der Waals surface area contributed by atoms with Crippen LogP contribution in [0.4, 0.5) is 0 Å². The molecular formula is C66H112O6. The SMILES string of the molecule is CC/C=C\C/C=C\C/C=C\C/C=C\CCCCCCCCCCC(=O)OCC(COC(=O)CCCCCCCCCCCCCC)OC(=O)CCCCCCCCCC/C=C\C/C=C\C/C=C\C/C=C\CC. The van der Waals surface area contributed by atoms with Gasteiger partial charge in [0.1, 0.15) is 13.2 Å². The Morgan fingerprint density at radius 1 is 0.292 bits per heavy atom. The molecule has 6 nitrogen and oxygen atoms in total. The van der Waals surface area contributed by atoms with Gasteiger partial charge in [-0.25, -0.2) is 0 Å². The number of hydrogen-bond donors (Lipinski definition) is 0. The molecule has 1 unspecified atom stereocenters. The number of esters is 3. The van der Waals surface area contributed by atoms with E-state index in [9.17, 15) is 14.4 Å². The Kier molecular flexibility index (Phi) is 56.8. The summed E-state index contributed by atoms with van der Waals surface area (Å²) in [4.78, 5) is 38.2. The number of carbonyl (C=O) groups is 3. The van der Waals surface area contributed by atoms with Gasteiger partial charge in [0, 0.05) is 19.3 Å². The number of ether oxygens (including phenoxy) is 3. The van der Waals surface area contributed by atoms with Crippen molar-refractivity contribution in [3.05, 3.63) is 97.2 Å². The maximum Gasteiger partial charge on any atom is 0.306 e. The minimum Gasteiger partial charge on any atom is -0.462 e. The molecular weight excluding hydrogens is 889 g/mol. The van der Waals surface area contributed by atoms with Crippen LogP contribution in [0.15, 0.2) is 97.2 Å². The summed E-state index contributed by atoms with van der Waals surface area (Å²) in [5.74, 6) is -0.891. The van der Waals surface area contributed by atoms with Crippen LogP contribution < -0.4 is 0 Å². The van der Waals surface area contributed by atoms with E-state index in [1.807, 2.05) is 0 Å². The summed E-state index contributed by atoms with van der Waals surface area (Å²) in [5, 5.41) is 0. The quantitative estimate of drug-likeness (QED) is 0.0261. The zero-order valence-electron chi connectivity index (χ0n) is 47.2. The van der Waals surface area contributed by atoms with E-state index in [4.69, 9.17) is 14.2 Å². The third-order valence-corrected chi connectivity index (χ3v) is 12.8. The summed E-state index contributed by atoms with van der Waals surface area (Å²) < 4.78 is 16.9. The molecule has 0 heterocycles. The van der Waals surface area contributed by atoms with E-state index in [1.54, 1.807) is 0 Å². The Bertz CT molecular complexity index is 1430. The third-order valence-electron chi connectivity index (χ3n) is 12.8. The summed E-state index contributed by atoms with van der Waals surface area (Å²) >= 11 is 0. The van der Waals surface area contributed by atoms with Gasteiger partial charge in [0.25, 0.3) is 0 Å². The Hall–Kier alpha value is -3.67. The zero-order valence-corrected chi connectivity index (χ0v) is 47.2. The van der Waals surface area contributed by atoms with Gasteiger partial charge in [-0.1, -0.05) is 266 Å². The van der Waals surface area contributed by atoms with E-state index >= 15 is 0 Å². The van der Waals surface area contributed by atoms with Gasteiger partial charge < -0.3 is 14.2 Å². The fraction of sp³-hybridized carbons (Fsp3) is 0.712. The van der Waals surface area contributed by atoms with Gasteiger partial charge >= 0.3 is 17.9 Å². The minimum atomic E-state index is -0.785. The molecule has 0 spiro atoms. The number of rotatable bonds is 54. The molecule has 0 aromatic heterocycles. The van der Waals surface area contributed by atoms with Crippen molar-refractivity contribution in [2.24, 2.45) is 0 Å². The summed E-state index contributed by atoms with van der Waals surface area (Å²) in [7, 11) is 0. The maximum absolute atomic E-state index is 12.9. The highest BCUT2D eigenvalue weighted by atomic mass is 16.6. The lowest BCUT2D eigenvalue weighted by molar-refractivity contribution is -0.167. The first-order chi connectivity index (χ1) is 35.5. The minimum absolute atomic E-state index is 0.0815. The first-order valence-electron chi connectivity index (χ1n) is 30.2. The molecule has 0 amide bonds. The molecule has 0 aliphatic carbocycles. The number of hydrogen-bond acceptors (Lipinski definition) is 6. The molecule has 0 aromatic carbocycles. The summed E-state index contributed by atoms with van der Waals surface area (Å²) in [6.45, 7) is 6.42. The molecule has 412 valence electrons. The molecule has 0 aromatic rings. The molecule has 0 fully saturated rings. The number of allylic oxidation sites excluding steroid dienone is 16. The lowest BCUT2D eigenvalue weighted by Gasteiger charge is -2.18. The van der Waals surface area contributed by atoms with E-state index in [1.165, 1.54) is 122 Å². The van der Waals surface area contributed by atoms with Crippen LogP contribution in [0.2, 0.25) is 0 Å². The second kappa shape index (κ2) is 59.9. The first kappa shape index (κ1) is 68.3. The predicted octanol–water partition coefficient (Wildman–Crippen LogP) is 20.5. The second-order valence-electron chi connectivity index (χ2n) is 19.9. The van der Waals surface area contributed by atoms with Crippen molar-refractivity contribution in [3.8, 4) is 0 Å². The van der Waals surface area contributed by atoms with Crippen LogP contribution in [0.25, 0.3) is 0 Å². The van der Waals surface area contributed by atoms with Crippen molar-refractivity contribution in [1.29, 1.82) is 0 Å². The average Bonchev–Trinajstić information content (AvgIpc) is 3.38. The van der Waals surface area contributed by atoms with Gasteiger partial charge in [-0.2, -0.15) is 0 Å². The molecule has 0 saturated heterocycles.